The molecule has 150 valence electrons. The Hall–Kier alpha value is -2.43. The van der Waals surface area contributed by atoms with Gasteiger partial charge in [0, 0.05) is 0 Å². The van der Waals surface area contributed by atoms with Gasteiger partial charge in [0.15, 0.2) is 11.6 Å². The maximum absolute atomic E-state index is 14.3. The summed E-state index contributed by atoms with van der Waals surface area (Å²) in [5.74, 6) is -2.68. The lowest BCUT2D eigenvalue weighted by atomic mass is 9.84. The van der Waals surface area contributed by atoms with E-state index in [0.29, 0.717) is 18.3 Å². The molecule has 1 fully saturated rings. The lowest BCUT2D eigenvalue weighted by molar-refractivity contribution is 0.0728. The van der Waals surface area contributed by atoms with E-state index in [0.717, 1.165) is 12.8 Å². The number of ether oxygens (including phenoxy) is 2. The third kappa shape index (κ3) is 4.89. The van der Waals surface area contributed by atoms with Crippen molar-refractivity contribution in [3.05, 3.63) is 59.2 Å². The highest BCUT2D eigenvalue weighted by Crippen LogP contribution is 2.33. The van der Waals surface area contributed by atoms with Crippen LogP contribution in [-0.4, -0.2) is 12.6 Å². The Bertz CT molecular complexity index is 796. The molecule has 1 saturated carbocycles. The number of halogens is 2. The molecule has 1 aliphatic rings. The van der Waals surface area contributed by atoms with E-state index in [1.54, 1.807) is 12.1 Å². The predicted octanol–water partition coefficient (Wildman–Crippen LogP) is 6.41. The van der Waals surface area contributed by atoms with Crippen LogP contribution in [0.25, 0.3) is 0 Å². The molecule has 0 unspecified atom stereocenters. The van der Waals surface area contributed by atoms with Crippen molar-refractivity contribution in [1.29, 1.82) is 0 Å². The predicted molar refractivity (Wildman–Crippen MR) is 104 cm³/mol. The second kappa shape index (κ2) is 9.67. The zero-order chi connectivity index (χ0) is 19.9. The zero-order valence-corrected chi connectivity index (χ0v) is 16.2. The molecule has 3 nitrogen and oxygen atoms in total. The molecular formula is C23H26F2O3. The van der Waals surface area contributed by atoms with E-state index in [-0.39, 0.29) is 5.75 Å². The van der Waals surface area contributed by atoms with Crippen LogP contribution in [0.5, 0.6) is 11.5 Å². The number of hydrogen-bond donors (Lipinski definition) is 0. The van der Waals surface area contributed by atoms with E-state index in [1.807, 2.05) is 19.1 Å². The molecule has 0 aliphatic heterocycles. The highest BCUT2D eigenvalue weighted by atomic mass is 19.2. The van der Waals surface area contributed by atoms with Gasteiger partial charge in [0.1, 0.15) is 5.75 Å². The standard InChI is InChI=1S/C23H26F2O3/c1-2-3-15-27-20-14-13-19(21(24)22(20)25)23(26)28-18-11-9-17(10-12-18)16-7-5-4-6-8-16/h9-14,16H,2-8,15H2,1H3. The van der Waals surface area contributed by atoms with Gasteiger partial charge in [-0.25, -0.2) is 9.18 Å². The van der Waals surface area contributed by atoms with Crippen molar-refractivity contribution in [1.82, 2.24) is 0 Å². The number of rotatable bonds is 7. The molecule has 0 amide bonds. The summed E-state index contributed by atoms with van der Waals surface area (Å²) in [5, 5.41) is 0. The van der Waals surface area contributed by atoms with Crippen LogP contribution >= 0.6 is 0 Å². The van der Waals surface area contributed by atoms with E-state index in [9.17, 15) is 13.6 Å². The molecule has 0 spiro atoms. The zero-order valence-electron chi connectivity index (χ0n) is 16.2. The fraction of sp³-hybridized carbons (Fsp3) is 0.435. The van der Waals surface area contributed by atoms with Crippen LogP contribution in [0, 0.1) is 11.6 Å². The Morgan fingerprint density at radius 2 is 1.71 bits per heavy atom. The van der Waals surface area contributed by atoms with Crippen LogP contribution in [0.1, 0.15) is 73.7 Å². The lowest BCUT2D eigenvalue weighted by Crippen LogP contribution is -2.13. The lowest BCUT2D eigenvalue weighted by Gasteiger charge is -2.22. The quantitative estimate of drug-likeness (QED) is 0.312. The van der Waals surface area contributed by atoms with Crippen LogP contribution in [0.15, 0.2) is 36.4 Å². The average molecular weight is 388 g/mol. The minimum absolute atomic E-state index is 0.195. The monoisotopic (exact) mass is 388 g/mol. The minimum Gasteiger partial charge on any atom is -0.490 e. The summed E-state index contributed by atoms with van der Waals surface area (Å²) in [4.78, 5) is 12.3. The number of carbonyl (C=O) groups excluding carboxylic acids is 1. The van der Waals surface area contributed by atoms with Crippen molar-refractivity contribution in [2.45, 2.75) is 57.8 Å². The van der Waals surface area contributed by atoms with Gasteiger partial charge in [0.25, 0.3) is 0 Å². The van der Waals surface area contributed by atoms with Gasteiger partial charge < -0.3 is 9.47 Å². The van der Waals surface area contributed by atoms with Crippen molar-refractivity contribution in [3.63, 3.8) is 0 Å². The Balaban J connectivity index is 1.66. The molecule has 0 atom stereocenters. The van der Waals surface area contributed by atoms with Crippen molar-refractivity contribution >= 4 is 5.97 Å². The number of esters is 1. The molecule has 3 rings (SSSR count). The van der Waals surface area contributed by atoms with Crippen molar-refractivity contribution in [2.24, 2.45) is 0 Å². The summed E-state index contributed by atoms with van der Waals surface area (Å²) >= 11 is 0. The largest absolute Gasteiger partial charge is 0.490 e. The first kappa shape index (κ1) is 20.3. The van der Waals surface area contributed by atoms with Gasteiger partial charge in [-0.2, -0.15) is 4.39 Å². The summed E-state index contributed by atoms with van der Waals surface area (Å²) < 4.78 is 38.9. The fourth-order valence-corrected chi connectivity index (χ4v) is 3.53. The number of carbonyl (C=O) groups is 1. The van der Waals surface area contributed by atoms with E-state index < -0.39 is 23.2 Å². The maximum Gasteiger partial charge on any atom is 0.346 e. The van der Waals surface area contributed by atoms with Crippen LogP contribution in [0.4, 0.5) is 8.78 Å². The van der Waals surface area contributed by atoms with Gasteiger partial charge in [0.2, 0.25) is 5.82 Å². The van der Waals surface area contributed by atoms with E-state index in [4.69, 9.17) is 9.47 Å². The minimum atomic E-state index is -1.25. The van der Waals surface area contributed by atoms with Crippen LogP contribution in [0.3, 0.4) is 0 Å². The molecule has 28 heavy (non-hydrogen) atoms. The molecule has 2 aromatic carbocycles. The van der Waals surface area contributed by atoms with Crippen molar-refractivity contribution in [2.75, 3.05) is 6.61 Å². The second-order valence-electron chi connectivity index (χ2n) is 7.23. The van der Waals surface area contributed by atoms with Gasteiger partial charge in [-0.05, 0) is 55.0 Å². The molecular weight excluding hydrogens is 362 g/mol. The van der Waals surface area contributed by atoms with Crippen molar-refractivity contribution in [3.8, 4) is 11.5 Å². The Morgan fingerprint density at radius 3 is 2.39 bits per heavy atom. The smallest absolute Gasteiger partial charge is 0.346 e. The first-order valence-corrected chi connectivity index (χ1v) is 10.0. The number of benzene rings is 2. The van der Waals surface area contributed by atoms with E-state index in [2.05, 4.69) is 0 Å². The molecule has 0 aromatic heterocycles. The molecule has 0 bridgehead atoms. The Kier molecular flexibility index (Phi) is 7.01. The molecule has 0 heterocycles. The Labute approximate surface area is 164 Å². The van der Waals surface area contributed by atoms with Gasteiger partial charge >= 0.3 is 5.97 Å². The van der Waals surface area contributed by atoms with Crippen LogP contribution in [0.2, 0.25) is 0 Å². The first-order valence-electron chi connectivity index (χ1n) is 10.0. The fourth-order valence-electron chi connectivity index (χ4n) is 3.53. The third-order valence-corrected chi connectivity index (χ3v) is 5.19. The summed E-state index contributed by atoms with van der Waals surface area (Å²) in [6.45, 7) is 2.27. The highest BCUT2D eigenvalue weighted by Gasteiger charge is 2.21. The summed E-state index contributed by atoms with van der Waals surface area (Å²) in [7, 11) is 0. The van der Waals surface area contributed by atoms with E-state index >= 15 is 0 Å². The average Bonchev–Trinajstić information content (AvgIpc) is 2.72. The van der Waals surface area contributed by atoms with Crippen LogP contribution < -0.4 is 9.47 Å². The molecule has 0 saturated heterocycles. The third-order valence-electron chi connectivity index (χ3n) is 5.19. The van der Waals surface area contributed by atoms with Gasteiger partial charge in [-0.15, -0.1) is 0 Å². The number of unbranched alkanes of at least 4 members (excludes halogenated alkanes) is 1. The number of hydrogen-bond acceptors (Lipinski definition) is 3. The van der Waals surface area contributed by atoms with E-state index in [1.165, 1.54) is 49.8 Å². The first-order chi connectivity index (χ1) is 13.6. The Morgan fingerprint density at radius 1 is 1.00 bits per heavy atom. The molecule has 1 aliphatic carbocycles. The van der Waals surface area contributed by atoms with Gasteiger partial charge in [-0.3, -0.25) is 0 Å². The summed E-state index contributed by atoms with van der Waals surface area (Å²) in [6.07, 6.45) is 7.74. The normalized spacial score (nSPS) is 14.7. The molecule has 2 aromatic rings. The SMILES string of the molecule is CCCCOc1ccc(C(=O)Oc2ccc(C3CCCCC3)cc2)c(F)c1F. The molecule has 0 N–H and O–H groups in total. The van der Waals surface area contributed by atoms with Gasteiger partial charge in [-0.1, -0.05) is 44.7 Å². The highest BCUT2D eigenvalue weighted by molar-refractivity contribution is 5.91. The molecule has 0 radical (unpaired) electrons. The topological polar surface area (TPSA) is 35.5 Å². The maximum atomic E-state index is 14.3. The molecule has 5 heteroatoms. The van der Waals surface area contributed by atoms with Crippen LogP contribution in [-0.2, 0) is 0 Å². The van der Waals surface area contributed by atoms with Crippen molar-refractivity contribution < 1.29 is 23.0 Å². The summed E-state index contributed by atoms with van der Waals surface area (Å²) in [6, 6.07) is 9.76. The van der Waals surface area contributed by atoms with Gasteiger partial charge in [0.05, 0.1) is 12.2 Å². The summed E-state index contributed by atoms with van der Waals surface area (Å²) in [5.41, 5.74) is 0.780. The second-order valence-corrected chi connectivity index (χ2v) is 7.23.